The van der Waals surface area contributed by atoms with E-state index in [4.69, 9.17) is 14.7 Å². The van der Waals surface area contributed by atoms with Crippen LogP contribution in [0.3, 0.4) is 0 Å². The molecule has 2 aliphatic heterocycles. The first kappa shape index (κ1) is 32.7. The molecule has 0 aromatic heterocycles. The van der Waals surface area contributed by atoms with Gasteiger partial charge in [-0.3, -0.25) is 24.6 Å². The average molecular weight is 639 g/mol. The third kappa shape index (κ3) is 6.49. The second-order valence-corrected chi connectivity index (χ2v) is 13.5. The summed E-state index contributed by atoms with van der Waals surface area (Å²) in [7, 11) is 0. The van der Waals surface area contributed by atoms with Gasteiger partial charge >= 0.3 is 12.2 Å². The Morgan fingerprint density at radius 3 is 2.48 bits per heavy atom. The van der Waals surface area contributed by atoms with Crippen LogP contribution in [0.15, 0.2) is 30.9 Å². The molecular formula is C32H39FN6O7. The average Bonchev–Trinajstić information content (AvgIpc) is 3.28. The summed E-state index contributed by atoms with van der Waals surface area (Å²) in [5, 5.41) is 16.5. The van der Waals surface area contributed by atoms with Crippen LogP contribution in [0.5, 0.6) is 0 Å². The molecule has 2 heterocycles. The quantitative estimate of drug-likeness (QED) is 0.222. The second kappa shape index (κ2) is 12.6. The number of halogens is 1. The predicted molar refractivity (Wildman–Crippen MR) is 159 cm³/mol. The monoisotopic (exact) mass is 638 g/mol. The number of nitrogens with one attached hydrogen (secondary N) is 3. The Labute approximate surface area is 266 Å². The molecule has 1 aromatic rings. The maximum atomic E-state index is 14.3. The number of fused-ring (bicyclic) bond motifs is 1. The Morgan fingerprint density at radius 1 is 1.15 bits per heavy atom. The van der Waals surface area contributed by atoms with E-state index in [1.54, 1.807) is 39.1 Å². The van der Waals surface area contributed by atoms with Gasteiger partial charge in [0.05, 0.1) is 13.1 Å². The minimum absolute atomic E-state index is 0.0126. The van der Waals surface area contributed by atoms with Gasteiger partial charge in [-0.2, -0.15) is 5.26 Å². The van der Waals surface area contributed by atoms with Crippen LogP contribution >= 0.6 is 0 Å². The van der Waals surface area contributed by atoms with Gasteiger partial charge in [0, 0.05) is 24.4 Å². The predicted octanol–water partition coefficient (Wildman–Crippen LogP) is 2.60. The van der Waals surface area contributed by atoms with E-state index in [1.165, 1.54) is 21.9 Å². The number of nitrogens with zero attached hydrogens (tertiary/aromatic N) is 3. The van der Waals surface area contributed by atoms with Gasteiger partial charge < -0.3 is 25.0 Å². The number of benzene rings is 1. The summed E-state index contributed by atoms with van der Waals surface area (Å²) < 4.78 is 25.5. The van der Waals surface area contributed by atoms with E-state index in [1.807, 2.05) is 0 Å². The molecule has 0 spiro atoms. The lowest BCUT2D eigenvalue weighted by atomic mass is 9.85. The summed E-state index contributed by atoms with van der Waals surface area (Å²) in [5.74, 6) is -2.86. The zero-order chi connectivity index (χ0) is 33.4. The lowest BCUT2D eigenvalue weighted by Gasteiger charge is -2.36. The zero-order valence-electron chi connectivity index (χ0n) is 26.1. The maximum absolute atomic E-state index is 14.3. The zero-order valence-corrected chi connectivity index (χ0v) is 26.1. The number of alkyl carbamates (subject to hydrolysis) is 1. The van der Waals surface area contributed by atoms with Crippen molar-refractivity contribution in [3.8, 4) is 6.19 Å². The van der Waals surface area contributed by atoms with Gasteiger partial charge in [-0.25, -0.2) is 14.0 Å². The molecule has 13 nitrogen and oxygen atoms in total. The third-order valence-corrected chi connectivity index (χ3v) is 9.22. The Hall–Kier alpha value is -4.67. The summed E-state index contributed by atoms with van der Waals surface area (Å²) in [5.41, 5.74) is -1.17. The van der Waals surface area contributed by atoms with E-state index in [2.05, 4.69) is 22.5 Å². The summed E-state index contributed by atoms with van der Waals surface area (Å²) in [6, 6.07) is 2.31. The molecule has 246 valence electrons. The molecule has 1 aromatic carbocycles. The highest BCUT2D eigenvalue weighted by molar-refractivity contribution is 5.99. The van der Waals surface area contributed by atoms with Crippen LogP contribution in [-0.4, -0.2) is 76.1 Å². The van der Waals surface area contributed by atoms with Gasteiger partial charge in [0.15, 0.2) is 6.19 Å². The fraction of sp³-hybridized carbons (Fsp3) is 0.562. The molecule has 1 unspecified atom stereocenters. The number of likely N-dealkylation sites (tertiary alicyclic amines) is 1. The largest absolute Gasteiger partial charge is 0.446 e. The van der Waals surface area contributed by atoms with Gasteiger partial charge in [-0.05, 0) is 42.7 Å². The van der Waals surface area contributed by atoms with Crippen molar-refractivity contribution in [1.82, 2.24) is 25.8 Å². The molecule has 0 bridgehead atoms. The summed E-state index contributed by atoms with van der Waals surface area (Å²) >= 11 is 0. The van der Waals surface area contributed by atoms with E-state index >= 15 is 0 Å². The van der Waals surface area contributed by atoms with E-state index in [0.717, 1.165) is 19.3 Å². The number of amides is 5. The summed E-state index contributed by atoms with van der Waals surface area (Å²) in [4.78, 5) is 69.3. The Balaban J connectivity index is 1.35. The van der Waals surface area contributed by atoms with E-state index < -0.39 is 70.8 Å². The first-order valence-corrected chi connectivity index (χ1v) is 15.4. The first-order valence-electron chi connectivity index (χ1n) is 15.4. The number of nitriles is 1. The smallest absolute Gasteiger partial charge is 0.410 e. The highest BCUT2D eigenvalue weighted by Crippen LogP contribution is 2.45. The van der Waals surface area contributed by atoms with Crippen LogP contribution in [0.25, 0.3) is 0 Å². The number of carbonyl (C=O) groups excluding carboxylic acids is 5. The normalized spacial score (nSPS) is 25.7. The van der Waals surface area contributed by atoms with E-state index in [9.17, 15) is 28.4 Å². The van der Waals surface area contributed by atoms with Crippen molar-refractivity contribution in [3.05, 3.63) is 47.8 Å². The third-order valence-electron chi connectivity index (χ3n) is 9.22. The van der Waals surface area contributed by atoms with E-state index in [0.29, 0.717) is 11.1 Å². The molecule has 0 radical (unpaired) electrons. The SMILES string of the molecule is C=CC1C[C@]1(NC(=O)[C@@H]1C[C@@H](OC(=O)N2Cc3cccc(F)c3C2)CN1C(=O)[C@H](NC(=O)OC1CCC1)C(C)(C)C)C(=O)NC#N. The lowest BCUT2D eigenvalue weighted by Crippen LogP contribution is -2.60. The highest BCUT2D eigenvalue weighted by Gasteiger charge is 2.61. The number of hydrogen-bond acceptors (Lipinski definition) is 8. The van der Waals surface area contributed by atoms with Crippen molar-refractivity contribution < 1.29 is 37.8 Å². The van der Waals surface area contributed by atoms with Gasteiger partial charge in [-0.15, -0.1) is 6.58 Å². The van der Waals surface area contributed by atoms with Gasteiger partial charge in [0.25, 0.3) is 5.91 Å². The van der Waals surface area contributed by atoms with Crippen LogP contribution in [0, 0.1) is 28.6 Å². The molecule has 1 saturated heterocycles. The highest BCUT2D eigenvalue weighted by atomic mass is 19.1. The minimum atomic E-state index is -1.42. The minimum Gasteiger partial charge on any atom is -0.446 e. The molecule has 5 rings (SSSR count). The molecule has 3 fully saturated rings. The molecule has 46 heavy (non-hydrogen) atoms. The van der Waals surface area contributed by atoms with Crippen molar-refractivity contribution in [2.24, 2.45) is 11.3 Å². The van der Waals surface area contributed by atoms with Crippen molar-refractivity contribution in [2.75, 3.05) is 6.54 Å². The number of hydrogen-bond donors (Lipinski definition) is 3. The van der Waals surface area contributed by atoms with Crippen LogP contribution in [0.1, 0.15) is 64.0 Å². The molecular weight excluding hydrogens is 599 g/mol. The van der Waals surface area contributed by atoms with Crippen molar-refractivity contribution >= 4 is 29.9 Å². The maximum Gasteiger partial charge on any atom is 0.410 e. The fourth-order valence-corrected chi connectivity index (χ4v) is 6.21. The lowest BCUT2D eigenvalue weighted by molar-refractivity contribution is -0.143. The summed E-state index contributed by atoms with van der Waals surface area (Å²) in [6.07, 6.45) is 2.99. The standard InChI is InChI=1S/C32H39FN6O7/c1-5-19-13-32(19,28(42)35-17-34)37-26(40)24-12-21(46-30(44)38-14-18-8-6-11-23(33)22(18)16-38)15-39(24)27(41)25(31(2,3)4)36-29(43)45-20-9-7-10-20/h5-6,8,11,19-21,24-25H,1,7,9-10,12-16H2,2-4H3,(H,35,42)(H,36,43)(H,37,40)/t19?,21-,24+,25+,32-/m1/s1. The first-order chi connectivity index (χ1) is 21.8. The molecule has 14 heteroatoms. The Kier molecular flexibility index (Phi) is 8.97. The van der Waals surface area contributed by atoms with Crippen LogP contribution in [0.2, 0.25) is 0 Å². The molecule has 5 amide bonds. The van der Waals surface area contributed by atoms with Gasteiger partial charge in [0.1, 0.15) is 35.6 Å². The van der Waals surface area contributed by atoms with Crippen molar-refractivity contribution in [2.45, 2.75) is 95.8 Å². The summed E-state index contributed by atoms with van der Waals surface area (Å²) in [6.45, 7) is 8.95. The van der Waals surface area contributed by atoms with Crippen LogP contribution in [0.4, 0.5) is 14.0 Å². The Morgan fingerprint density at radius 2 is 1.89 bits per heavy atom. The molecule has 2 saturated carbocycles. The van der Waals surface area contributed by atoms with Gasteiger partial charge in [-0.1, -0.05) is 39.0 Å². The van der Waals surface area contributed by atoms with Gasteiger partial charge in [0.2, 0.25) is 11.8 Å². The number of carbonyl (C=O) groups is 5. The topological polar surface area (TPSA) is 170 Å². The molecule has 5 atom stereocenters. The molecule has 2 aliphatic carbocycles. The van der Waals surface area contributed by atoms with Crippen LogP contribution < -0.4 is 16.0 Å². The van der Waals surface area contributed by atoms with E-state index in [-0.39, 0.29) is 38.6 Å². The molecule has 4 aliphatic rings. The van der Waals surface area contributed by atoms with Crippen molar-refractivity contribution in [1.29, 1.82) is 5.26 Å². The van der Waals surface area contributed by atoms with Crippen molar-refractivity contribution in [3.63, 3.8) is 0 Å². The van der Waals surface area contributed by atoms with Crippen LogP contribution in [-0.2, 0) is 36.9 Å². The number of ether oxygens (including phenoxy) is 2. The second-order valence-electron chi connectivity index (χ2n) is 13.5. The fourth-order valence-electron chi connectivity index (χ4n) is 6.21. The number of rotatable bonds is 8. The Bertz CT molecular complexity index is 1480. The molecule has 3 N–H and O–H groups in total.